The van der Waals surface area contributed by atoms with Gasteiger partial charge in [-0.1, -0.05) is 47.5 Å². The standard InChI is InChI=1S/C16H11Cl2N/c1-10-9-12(11-5-2-3-8-15(11)19-10)16-13(17)6-4-7-14(16)18/h2-9H,1H3. The van der Waals surface area contributed by atoms with Crippen LogP contribution in [0.2, 0.25) is 10.0 Å². The molecule has 1 nitrogen and oxygen atoms in total. The molecule has 19 heavy (non-hydrogen) atoms. The number of halogens is 2. The lowest BCUT2D eigenvalue weighted by Gasteiger charge is -2.11. The monoisotopic (exact) mass is 287 g/mol. The highest BCUT2D eigenvalue weighted by Crippen LogP contribution is 2.38. The molecule has 0 bridgehead atoms. The zero-order valence-electron chi connectivity index (χ0n) is 10.3. The highest BCUT2D eigenvalue weighted by molar-refractivity contribution is 6.39. The lowest BCUT2D eigenvalue weighted by atomic mass is 10.00. The molecule has 1 aromatic heterocycles. The van der Waals surface area contributed by atoms with Crippen molar-refractivity contribution in [1.29, 1.82) is 0 Å². The Morgan fingerprint density at radius 2 is 1.58 bits per heavy atom. The number of para-hydroxylation sites is 1. The van der Waals surface area contributed by atoms with Crippen LogP contribution in [0, 0.1) is 6.92 Å². The van der Waals surface area contributed by atoms with E-state index in [2.05, 4.69) is 4.98 Å². The van der Waals surface area contributed by atoms with Gasteiger partial charge in [0.2, 0.25) is 0 Å². The van der Waals surface area contributed by atoms with E-state index >= 15 is 0 Å². The molecule has 0 radical (unpaired) electrons. The SMILES string of the molecule is Cc1cc(-c2c(Cl)cccc2Cl)c2ccccc2n1. The summed E-state index contributed by atoms with van der Waals surface area (Å²) in [5.74, 6) is 0. The van der Waals surface area contributed by atoms with E-state index in [1.54, 1.807) is 0 Å². The summed E-state index contributed by atoms with van der Waals surface area (Å²) in [6.45, 7) is 1.97. The smallest absolute Gasteiger partial charge is 0.0711 e. The second kappa shape index (κ2) is 4.84. The van der Waals surface area contributed by atoms with Gasteiger partial charge in [0, 0.05) is 26.7 Å². The third-order valence-electron chi connectivity index (χ3n) is 3.08. The Balaban J connectivity index is 2.43. The van der Waals surface area contributed by atoms with Gasteiger partial charge in [0.1, 0.15) is 0 Å². The fraction of sp³-hybridized carbons (Fsp3) is 0.0625. The highest BCUT2D eigenvalue weighted by Gasteiger charge is 2.12. The largest absolute Gasteiger partial charge is 0.253 e. The Bertz CT molecular complexity index is 746. The van der Waals surface area contributed by atoms with Crippen LogP contribution < -0.4 is 0 Å². The van der Waals surface area contributed by atoms with Crippen molar-refractivity contribution >= 4 is 34.1 Å². The molecule has 0 fully saturated rings. The number of benzene rings is 2. The van der Waals surface area contributed by atoms with E-state index in [1.165, 1.54) is 0 Å². The molecule has 94 valence electrons. The Morgan fingerprint density at radius 1 is 0.895 bits per heavy atom. The summed E-state index contributed by atoms with van der Waals surface area (Å²) >= 11 is 12.6. The molecule has 0 N–H and O–H groups in total. The van der Waals surface area contributed by atoms with E-state index in [1.807, 2.05) is 55.5 Å². The second-order valence-corrected chi connectivity index (χ2v) is 5.24. The third kappa shape index (κ3) is 2.20. The van der Waals surface area contributed by atoms with E-state index in [0.29, 0.717) is 10.0 Å². The summed E-state index contributed by atoms with van der Waals surface area (Å²) < 4.78 is 0. The van der Waals surface area contributed by atoms with E-state index in [-0.39, 0.29) is 0 Å². The Labute approximate surface area is 121 Å². The number of fused-ring (bicyclic) bond motifs is 1. The van der Waals surface area contributed by atoms with Crippen LogP contribution in [-0.2, 0) is 0 Å². The summed E-state index contributed by atoms with van der Waals surface area (Å²) in [5.41, 5.74) is 3.80. The van der Waals surface area contributed by atoms with Gasteiger partial charge >= 0.3 is 0 Å². The molecule has 0 amide bonds. The normalized spacial score (nSPS) is 10.9. The van der Waals surface area contributed by atoms with Gasteiger partial charge < -0.3 is 0 Å². The highest BCUT2D eigenvalue weighted by atomic mass is 35.5. The molecule has 3 heteroatoms. The average Bonchev–Trinajstić information content (AvgIpc) is 2.38. The first-order chi connectivity index (χ1) is 9.16. The molecule has 0 aliphatic rings. The van der Waals surface area contributed by atoms with Gasteiger partial charge in [-0.05, 0) is 36.8 Å². The van der Waals surface area contributed by atoms with Crippen molar-refractivity contribution in [3.63, 3.8) is 0 Å². The third-order valence-corrected chi connectivity index (χ3v) is 3.71. The predicted molar refractivity (Wildman–Crippen MR) is 81.9 cm³/mol. The Hall–Kier alpha value is -1.57. The molecule has 2 aromatic carbocycles. The number of aryl methyl sites for hydroxylation is 1. The Morgan fingerprint density at radius 3 is 2.32 bits per heavy atom. The number of hydrogen-bond donors (Lipinski definition) is 0. The average molecular weight is 288 g/mol. The minimum absolute atomic E-state index is 0.656. The molecule has 0 aliphatic heterocycles. The summed E-state index contributed by atoms with van der Waals surface area (Å²) in [6.07, 6.45) is 0. The van der Waals surface area contributed by atoms with E-state index in [4.69, 9.17) is 23.2 Å². The fourth-order valence-electron chi connectivity index (χ4n) is 2.27. The summed E-state index contributed by atoms with van der Waals surface area (Å²) in [6, 6.07) is 15.6. The van der Waals surface area contributed by atoms with Crippen LogP contribution >= 0.6 is 23.2 Å². The fourth-order valence-corrected chi connectivity index (χ4v) is 2.87. The van der Waals surface area contributed by atoms with Crippen molar-refractivity contribution in [3.05, 3.63) is 64.3 Å². The Kier molecular flexibility index (Phi) is 3.17. The molecule has 1 heterocycles. The van der Waals surface area contributed by atoms with Gasteiger partial charge in [0.25, 0.3) is 0 Å². The summed E-state index contributed by atoms with van der Waals surface area (Å²) in [5, 5.41) is 2.37. The number of aromatic nitrogens is 1. The predicted octanol–water partition coefficient (Wildman–Crippen LogP) is 5.52. The number of hydrogen-bond acceptors (Lipinski definition) is 1. The van der Waals surface area contributed by atoms with Crippen LogP contribution in [-0.4, -0.2) is 4.98 Å². The van der Waals surface area contributed by atoms with Crippen LogP contribution in [0.1, 0.15) is 5.69 Å². The van der Waals surface area contributed by atoms with Crippen LogP contribution in [0.25, 0.3) is 22.0 Å². The van der Waals surface area contributed by atoms with Gasteiger partial charge in [-0.3, -0.25) is 4.98 Å². The van der Waals surface area contributed by atoms with Gasteiger partial charge in [-0.2, -0.15) is 0 Å². The zero-order valence-corrected chi connectivity index (χ0v) is 11.8. The maximum atomic E-state index is 6.31. The van der Waals surface area contributed by atoms with Crippen molar-refractivity contribution in [2.24, 2.45) is 0 Å². The first-order valence-corrected chi connectivity index (χ1v) is 6.73. The molecule has 3 aromatic rings. The van der Waals surface area contributed by atoms with Crippen molar-refractivity contribution in [2.45, 2.75) is 6.92 Å². The lowest BCUT2D eigenvalue weighted by molar-refractivity contribution is 1.26. The first kappa shape index (κ1) is 12.5. The van der Waals surface area contributed by atoms with Crippen LogP contribution in [0.4, 0.5) is 0 Å². The zero-order chi connectivity index (χ0) is 13.4. The lowest BCUT2D eigenvalue weighted by Crippen LogP contribution is -1.89. The van der Waals surface area contributed by atoms with Crippen molar-refractivity contribution < 1.29 is 0 Å². The minimum atomic E-state index is 0.656. The van der Waals surface area contributed by atoms with Crippen LogP contribution in [0.3, 0.4) is 0 Å². The number of rotatable bonds is 1. The minimum Gasteiger partial charge on any atom is -0.253 e. The second-order valence-electron chi connectivity index (χ2n) is 4.43. The molecule has 0 atom stereocenters. The quantitative estimate of drug-likeness (QED) is 0.574. The molecular formula is C16H11Cl2N. The molecule has 3 rings (SSSR count). The van der Waals surface area contributed by atoms with Crippen molar-refractivity contribution in [2.75, 3.05) is 0 Å². The van der Waals surface area contributed by atoms with E-state index in [0.717, 1.165) is 27.7 Å². The van der Waals surface area contributed by atoms with Crippen LogP contribution in [0.15, 0.2) is 48.5 Å². The summed E-state index contributed by atoms with van der Waals surface area (Å²) in [4.78, 5) is 4.53. The van der Waals surface area contributed by atoms with Crippen molar-refractivity contribution in [3.8, 4) is 11.1 Å². The number of nitrogens with zero attached hydrogens (tertiary/aromatic N) is 1. The van der Waals surface area contributed by atoms with Gasteiger partial charge in [0.15, 0.2) is 0 Å². The van der Waals surface area contributed by atoms with E-state index in [9.17, 15) is 0 Å². The molecule has 0 saturated heterocycles. The molecule has 0 unspecified atom stereocenters. The maximum absolute atomic E-state index is 6.31. The van der Waals surface area contributed by atoms with Crippen LogP contribution in [0.5, 0.6) is 0 Å². The molecule has 0 aliphatic carbocycles. The van der Waals surface area contributed by atoms with Crippen molar-refractivity contribution in [1.82, 2.24) is 4.98 Å². The van der Waals surface area contributed by atoms with Gasteiger partial charge in [-0.15, -0.1) is 0 Å². The van der Waals surface area contributed by atoms with E-state index < -0.39 is 0 Å². The first-order valence-electron chi connectivity index (χ1n) is 5.97. The molecular weight excluding hydrogens is 277 g/mol. The molecule has 0 saturated carbocycles. The molecule has 0 spiro atoms. The number of pyridine rings is 1. The topological polar surface area (TPSA) is 12.9 Å². The van der Waals surface area contributed by atoms with Gasteiger partial charge in [0.05, 0.1) is 5.52 Å². The summed E-state index contributed by atoms with van der Waals surface area (Å²) in [7, 11) is 0. The van der Waals surface area contributed by atoms with Gasteiger partial charge in [-0.25, -0.2) is 0 Å². The maximum Gasteiger partial charge on any atom is 0.0711 e.